The number of rotatable bonds is 4. The van der Waals surface area contributed by atoms with Crippen molar-refractivity contribution in [3.63, 3.8) is 0 Å². The van der Waals surface area contributed by atoms with Gasteiger partial charge in [0.05, 0.1) is 5.56 Å². The molecule has 0 aliphatic heterocycles. The molecule has 0 bridgehead atoms. The Balaban J connectivity index is 2.85. The zero-order chi connectivity index (χ0) is 12.3. The molecule has 0 radical (unpaired) electrons. The molecular weight excluding hydrogens is 238 g/mol. The Morgan fingerprint density at radius 2 is 2.00 bits per heavy atom. The predicted octanol–water partition coefficient (Wildman–Crippen LogP) is 1.92. The van der Waals surface area contributed by atoms with Gasteiger partial charge in [-0.1, -0.05) is 0 Å². The molecule has 3 nitrogen and oxygen atoms in total. The SMILES string of the molecule is O=C(CC(S)C(=O)O)c1ccc(F)cc1F. The van der Waals surface area contributed by atoms with E-state index < -0.39 is 35.1 Å². The van der Waals surface area contributed by atoms with E-state index in [1.165, 1.54) is 0 Å². The van der Waals surface area contributed by atoms with Crippen LogP contribution in [-0.2, 0) is 4.79 Å². The highest BCUT2D eigenvalue weighted by Crippen LogP contribution is 2.14. The number of aliphatic carboxylic acids is 1. The van der Waals surface area contributed by atoms with Crippen LogP contribution in [0.1, 0.15) is 16.8 Å². The summed E-state index contributed by atoms with van der Waals surface area (Å²) < 4.78 is 25.7. The highest BCUT2D eigenvalue weighted by Gasteiger charge is 2.20. The average molecular weight is 246 g/mol. The molecule has 16 heavy (non-hydrogen) atoms. The first-order valence-corrected chi connectivity index (χ1v) is 4.82. The molecule has 1 aromatic carbocycles. The number of hydrogen-bond donors (Lipinski definition) is 2. The van der Waals surface area contributed by atoms with Gasteiger partial charge in [0.2, 0.25) is 0 Å². The van der Waals surface area contributed by atoms with E-state index in [4.69, 9.17) is 5.11 Å². The van der Waals surface area contributed by atoms with E-state index in [-0.39, 0.29) is 5.56 Å². The third-order valence-electron chi connectivity index (χ3n) is 1.90. The highest BCUT2D eigenvalue weighted by molar-refractivity contribution is 7.81. The first-order chi connectivity index (χ1) is 7.41. The summed E-state index contributed by atoms with van der Waals surface area (Å²) in [6.07, 6.45) is -0.443. The fourth-order valence-electron chi connectivity index (χ4n) is 1.09. The molecule has 86 valence electrons. The lowest BCUT2D eigenvalue weighted by Gasteiger charge is -2.05. The lowest BCUT2D eigenvalue weighted by molar-refractivity contribution is -0.136. The van der Waals surface area contributed by atoms with Gasteiger partial charge in [0.15, 0.2) is 5.78 Å². The maximum Gasteiger partial charge on any atom is 0.316 e. The number of ketones is 1. The van der Waals surface area contributed by atoms with Crippen molar-refractivity contribution in [3.8, 4) is 0 Å². The van der Waals surface area contributed by atoms with E-state index in [0.29, 0.717) is 6.07 Å². The van der Waals surface area contributed by atoms with E-state index in [9.17, 15) is 18.4 Å². The topological polar surface area (TPSA) is 54.4 Å². The lowest BCUT2D eigenvalue weighted by atomic mass is 10.1. The Morgan fingerprint density at radius 3 is 2.50 bits per heavy atom. The van der Waals surface area contributed by atoms with Gasteiger partial charge in [-0.3, -0.25) is 9.59 Å². The molecule has 0 saturated carbocycles. The van der Waals surface area contributed by atoms with Crippen molar-refractivity contribution in [1.82, 2.24) is 0 Å². The van der Waals surface area contributed by atoms with E-state index in [1.54, 1.807) is 0 Å². The summed E-state index contributed by atoms with van der Waals surface area (Å²) in [7, 11) is 0. The van der Waals surface area contributed by atoms with E-state index in [1.807, 2.05) is 0 Å². The number of thiol groups is 1. The number of carbonyl (C=O) groups excluding carboxylic acids is 1. The minimum Gasteiger partial charge on any atom is -0.480 e. The average Bonchev–Trinajstić information content (AvgIpc) is 2.16. The van der Waals surface area contributed by atoms with Crippen LogP contribution in [-0.4, -0.2) is 22.1 Å². The Labute approximate surface area is 95.5 Å². The van der Waals surface area contributed by atoms with Gasteiger partial charge in [0.1, 0.15) is 16.9 Å². The molecule has 0 aliphatic carbocycles. The number of Topliss-reactive ketones (excluding diaryl/α,β-unsaturated/α-hetero) is 1. The fourth-order valence-corrected chi connectivity index (χ4v) is 1.25. The number of halogens is 2. The smallest absolute Gasteiger partial charge is 0.316 e. The van der Waals surface area contributed by atoms with Crippen LogP contribution >= 0.6 is 12.6 Å². The van der Waals surface area contributed by atoms with Gasteiger partial charge in [-0.05, 0) is 12.1 Å². The zero-order valence-corrected chi connectivity index (χ0v) is 8.88. The van der Waals surface area contributed by atoms with Crippen molar-refractivity contribution in [2.24, 2.45) is 0 Å². The lowest BCUT2D eigenvalue weighted by Crippen LogP contribution is -2.18. The van der Waals surface area contributed by atoms with Crippen LogP contribution in [0.25, 0.3) is 0 Å². The largest absolute Gasteiger partial charge is 0.480 e. The second-order valence-electron chi connectivity index (χ2n) is 3.11. The van der Waals surface area contributed by atoms with Crippen molar-refractivity contribution in [2.75, 3.05) is 0 Å². The predicted molar refractivity (Wildman–Crippen MR) is 55.7 cm³/mol. The quantitative estimate of drug-likeness (QED) is 0.630. The van der Waals surface area contributed by atoms with Gasteiger partial charge in [0, 0.05) is 12.5 Å². The van der Waals surface area contributed by atoms with Crippen LogP contribution in [0.2, 0.25) is 0 Å². The Morgan fingerprint density at radius 1 is 1.38 bits per heavy atom. The van der Waals surface area contributed by atoms with Crippen molar-refractivity contribution in [3.05, 3.63) is 35.4 Å². The monoisotopic (exact) mass is 246 g/mol. The van der Waals surface area contributed by atoms with Crippen LogP contribution in [0.15, 0.2) is 18.2 Å². The first-order valence-electron chi connectivity index (χ1n) is 4.31. The molecule has 0 heterocycles. The third kappa shape index (κ3) is 3.03. The number of hydrogen-bond acceptors (Lipinski definition) is 3. The normalized spacial score (nSPS) is 12.2. The second kappa shape index (κ2) is 5.07. The Bertz CT molecular complexity index is 434. The summed E-state index contributed by atoms with van der Waals surface area (Å²) >= 11 is 3.65. The molecule has 1 rings (SSSR count). The summed E-state index contributed by atoms with van der Waals surface area (Å²) in [6, 6.07) is 2.49. The molecule has 1 N–H and O–H groups in total. The molecule has 1 atom stereocenters. The molecule has 6 heteroatoms. The van der Waals surface area contributed by atoms with E-state index >= 15 is 0 Å². The van der Waals surface area contributed by atoms with Crippen LogP contribution in [0.5, 0.6) is 0 Å². The van der Waals surface area contributed by atoms with E-state index in [2.05, 4.69) is 12.6 Å². The second-order valence-corrected chi connectivity index (χ2v) is 3.73. The summed E-state index contributed by atoms with van der Waals surface area (Å²) in [5, 5.41) is 7.31. The van der Waals surface area contributed by atoms with Crippen LogP contribution in [0.3, 0.4) is 0 Å². The molecule has 0 aliphatic rings. The number of carbonyl (C=O) groups is 2. The molecule has 0 saturated heterocycles. The minimum atomic E-state index is -1.26. The van der Waals surface area contributed by atoms with Gasteiger partial charge in [-0.15, -0.1) is 0 Å². The molecule has 0 fully saturated rings. The molecular formula is C10H8F2O3S. The maximum absolute atomic E-state index is 13.1. The number of carboxylic acids is 1. The van der Waals surface area contributed by atoms with Gasteiger partial charge in [-0.25, -0.2) is 8.78 Å². The number of carboxylic acid groups (broad SMARTS) is 1. The number of benzene rings is 1. The maximum atomic E-state index is 13.1. The van der Waals surface area contributed by atoms with Crippen LogP contribution in [0, 0.1) is 11.6 Å². The minimum absolute atomic E-state index is 0.332. The molecule has 0 spiro atoms. The standard InChI is InChI=1S/C10H8F2O3S/c11-5-1-2-6(7(12)3-5)8(13)4-9(16)10(14)15/h1-3,9,16H,4H2,(H,14,15). The summed E-state index contributed by atoms with van der Waals surface area (Å²) in [4.78, 5) is 21.8. The van der Waals surface area contributed by atoms with Crippen molar-refractivity contribution < 1.29 is 23.5 Å². The van der Waals surface area contributed by atoms with Gasteiger partial charge in [-0.2, -0.15) is 12.6 Å². The van der Waals surface area contributed by atoms with Crippen molar-refractivity contribution in [2.45, 2.75) is 11.7 Å². The van der Waals surface area contributed by atoms with Crippen molar-refractivity contribution in [1.29, 1.82) is 0 Å². The Hall–Kier alpha value is -1.43. The fraction of sp³-hybridized carbons (Fsp3) is 0.200. The first kappa shape index (κ1) is 12.6. The van der Waals surface area contributed by atoms with Crippen molar-refractivity contribution >= 4 is 24.4 Å². The summed E-state index contributed by atoms with van der Waals surface area (Å²) in [5.74, 6) is -3.79. The molecule has 0 amide bonds. The molecule has 0 aromatic heterocycles. The van der Waals surface area contributed by atoms with Gasteiger partial charge >= 0.3 is 5.97 Å². The molecule has 1 unspecified atom stereocenters. The van der Waals surface area contributed by atoms with Crippen LogP contribution < -0.4 is 0 Å². The highest BCUT2D eigenvalue weighted by atomic mass is 32.1. The summed E-state index contributed by atoms with van der Waals surface area (Å²) in [6.45, 7) is 0. The van der Waals surface area contributed by atoms with Gasteiger partial charge in [0.25, 0.3) is 0 Å². The zero-order valence-electron chi connectivity index (χ0n) is 7.98. The Kier molecular flexibility index (Phi) is 4.00. The third-order valence-corrected chi connectivity index (χ3v) is 2.30. The van der Waals surface area contributed by atoms with Gasteiger partial charge < -0.3 is 5.11 Å². The summed E-state index contributed by atoms with van der Waals surface area (Å²) in [5.41, 5.74) is -0.332. The van der Waals surface area contributed by atoms with Crippen LogP contribution in [0.4, 0.5) is 8.78 Å². The molecule has 1 aromatic rings. The van der Waals surface area contributed by atoms with E-state index in [0.717, 1.165) is 12.1 Å².